The number of aliphatic hydroxyl groups excluding tert-OH is 1. The lowest BCUT2D eigenvalue weighted by atomic mass is 10.2. The van der Waals surface area contributed by atoms with E-state index in [2.05, 4.69) is 4.98 Å². The van der Waals surface area contributed by atoms with Gasteiger partial charge in [-0.1, -0.05) is 0 Å². The molecular weight excluding hydrogens is 173 g/mol. The Morgan fingerprint density at radius 2 is 2.31 bits per heavy atom. The summed E-state index contributed by atoms with van der Waals surface area (Å²) in [5, 5.41) is 8.72. The first kappa shape index (κ1) is 8.19. The van der Waals surface area contributed by atoms with E-state index in [-0.39, 0.29) is 18.0 Å². The minimum atomic E-state index is -0.418. The zero-order valence-electron chi connectivity index (χ0n) is 7.04. The molecule has 0 unspecified atom stereocenters. The van der Waals surface area contributed by atoms with E-state index in [1.807, 2.05) is 0 Å². The molecule has 0 saturated heterocycles. The Morgan fingerprint density at radius 3 is 3.00 bits per heavy atom. The summed E-state index contributed by atoms with van der Waals surface area (Å²) >= 11 is 0. The Kier molecular flexibility index (Phi) is 1.77. The highest BCUT2D eigenvalue weighted by Crippen LogP contribution is 2.20. The average molecular weight is 181 g/mol. The normalized spacial score (nSPS) is 11.0. The number of aromatic nitrogens is 1. The second-order valence-electron chi connectivity index (χ2n) is 2.86. The fraction of sp³-hybridized carbons (Fsp3) is 0.222. The Hall–Kier alpha value is -1.42. The van der Waals surface area contributed by atoms with Crippen LogP contribution in [0, 0.1) is 12.7 Å². The van der Waals surface area contributed by atoms with Crippen LogP contribution >= 0.6 is 0 Å². The molecule has 0 saturated carbocycles. The molecule has 2 aromatic rings. The molecule has 0 atom stereocenters. The molecule has 2 rings (SSSR count). The fourth-order valence-electron chi connectivity index (χ4n) is 1.23. The smallest absolute Gasteiger partial charge is 0.221 e. The number of hydrogen-bond donors (Lipinski definition) is 1. The highest BCUT2D eigenvalue weighted by molar-refractivity contribution is 5.74. The largest absolute Gasteiger partial charge is 0.438 e. The molecule has 1 heterocycles. The lowest BCUT2D eigenvalue weighted by Crippen LogP contribution is -1.82. The maximum Gasteiger partial charge on any atom is 0.221 e. The SMILES string of the molecule is Cc1cc(F)c2nc(CO)oc2c1. The molecule has 4 heteroatoms. The molecule has 68 valence electrons. The van der Waals surface area contributed by atoms with Gasteiger partial charge in [0.1, 0.15) is 12.1 Å². The van der Waals surface area contributed by atoms with Crippen molar-refractivity contribution < 1.29 is 13.9 Å². The number of benzene rings is 1. The van der Waals surface area contributed by atoms with Crippen molar-refractivity contribution >= 4 is 11.1 Å². The van der Waals surface area contributed by atoms with E-state index in [0.717, 1.165) is 5.56 Å². The minimum Gasteiger partial charge on any atom is -0.438 e. The van der Waals surface area contributed by atoms with E-state index >= 15 is 0 Å². The molecule has 1 aromatic carbocycles. The number of aliphatic hydroxyl groups is 1. The number of halogens is 1. The van der Waals surface area contributed by atoms with Crippen LogP contribution in [0.15, 0.2) is 16.5 Å². The first-order valence-corrected chi connectivity index (χ1v) is 3.87. The first-order chi connectivity index (χ1) is 6.20. The maximum atomic E-state index is 13.2. The van der Waals surface area contributed by atoms with Crippen LogP contribution in [0.5, 0.6) is 0 Å². The average Bonchev–Trinajstić information content (AvgIpc) is 2.47. The van der Waals surface area contributed by atoms with Crippen LogP contribution < -0.4 is 0 Å². The van der Waals surface area contributed by atoms with Crippen LogP contribution in [-0.4, -0.2) is 10.1 Å². The number of aryl methyl sites for hydroxylation is 1. The molecule has 0 radical (unpaired) electrons. The van der Waals surface area contributed by atoms with Gasteiger partial charge in [0.05, 0.1) is 0 Å². The third-order valence-corrected chi connectivity index (χ3v) is 1.77. The number of fused-ring (bicyclic) bond motifs is 1. The van der Waals surface area contributed by atoms with Crippen molar-refractivity contribution in [3.63, 3.8) is 0 Å². The zero-order chi connectivity index (χ0) is 9.42. The van der Waals surface area contributed by atoms with E-state index in [9.17, 15) is 4.39 Å². The van der Waals surface area contributed by atoms with Gasteiger partial charge in [-0.25, -0.2) is 9.37 Å². The van der Waals surface area contributed by atoms with Gasteiger partial charge in [-0.05, 0) is 24.6 Å². The van der Waals surface area contributed by atoms with Gasteiger partial charge >= 0.3 is 0 Å². The molecule has 0 aliphatic heterocycles. The monoisotopic (exact) mass is 181 g/mol. The quantitative estimate of drug-likeness (QED) is 0.729. The summed E-state index contributed by atoms with van der Waals surface area (Å²) in [6, 6.07) is 3.07. The highest BCUT2D eigenvalue weighted by Gasteiger charge is 2.09. The molecule has 0 aliphatic rings. The van der Waals surface area contributed by atoms with E-state index in [4.69, 9.17) is 9.52 Å². The molecule has 0 spiro atoms. The topological polar surface area (TPSA) is 46.3 Å². The highest BCUT2D eigenvalue weighted by atomic mass is 19.1. The molecule has 0 aliphatic carbocycles. The summed E-state index contributed by atoms with van der Waals surface area (Å²) < 4.78 is 18.3. The molecular formula is C9H8FNO2. The molecule has 0 fully saturated rings. The zero-order valence-corrected chi connectivity index (χ0v) is 7.04. The Morgan fingerprint density at radius 1 is 1.54 bits per heavy atom. The van der Waals surface area contributed by atoms with Crippen LogP contribution in [0.25, 0.3) is 11.1 Å². The first-order valence-electron chi connectivity index (χ1n) is 3.87. The number of hydrogen-bond acceptors (Lipinski definition) is 3. The van der Waals surface area contributed by atoms with Crippen molar-refractivity contribution in [3.8, 4) is 0 Å². The summed E-state index contributed by atoms with van der Waals surface area (Å²) in [7, 11) is 0. The summed E-state index contributed by atoms with van der Waals surface area (Å²) in [6.45, 7) is 1.46. The molecule has 1 aromatic heterocycles. The van der Waals surface area contributed by atoms with E-state index < -0.39 is 5.82 Å². The van der Waals surface area contributed by atoms with E-state index in [1.54, 1.807) is 13.0 Å². The van der Waals surface area contributed by atoms with Gasteiger partial charge in [0.15, 0.2) is 11.4 Å². The number of nitrogens with zero attached hydrogens (tertiary/aromatic N) is 1. The van der Waals surface area contributed by atoms with Gasteiger partial charge in [0.25, 0.3) is 0 Å². The predicted octanol–water partition coefficient (Wildman–Crippen LogP) is 1.77. The van der Waals surface area contributed by atoms with Gasteiger partial charge in [-0.15, -0.1) is 0 Å². The Bertz CT molecular complexity index is 450. The van der Waals surface area contributed by atoms with Crippen LogP contribution in [0.2, 0.25) is 0 Å². The van der Waals surface area contributed by atoms with Gasteiger partial charge in [0, 0.05) is 0 Å². The van der Waals surface area contributed by atoms with Gasteiger partial charge in [-0.3, -0.25) is 0 Å². The molecule has 0 amide bonds. The van der Waals surface area contributed by atoms with Crippen LogP contribution in [0.4, 0.5) is 4.39 Å². The van der Waals surface area contributed by atoms with Crippen molar-refractivity contribution in [2.24, 2.45) is 0 Å². The summed E-state index contributed by atoms with van der Waals surface area (Å²) in [5.41, 5.74) is 1.32. The van der Waals surface area contributed by atoms with Crippen molar-refractivity contribution in [2.75, 3.05) is 0 Å². The third kappa shape index (κ3) is 1.29. The Labute approximate surface area is 73.8 Å². The van der Waals surface area contributed by atoms with E-state index in [1.165, 1.54) is 6.07 Å². The van der Waals surface area contributed by atoms with Crippen molar-refractivity contribution in [2.45, 2.75) is 13.5 Å². The summed E-state index contributed by atoms with van der Waals surface area (Å²) in [4.78, 5) is 3.78. The summed E-state index contributed by atoms with van der Waals surface area (Å²) in [6.07, 6.45) is 0. The predicted molar refractivity (Wildman–Crippen MR) is 44.6 cm³/mol. The molecule has 1 N–H and O–H groups in total. The van der Waals surface area contributed by atoms with Crippen molar-refractivity contribution in [3.05, 3.63) is 29.4 Å². The second kappa shape index (κ2) is 2.81. The molecule has 0 bridgehead atoms. The van der Waals surface area contributed by atoms with Crippen molar-refractivity contribution in [1.82, 2.24) is 4.98 Å². The van der Waals surface area contributed by atoms with Crippen LogP contribution in [0.3, 0.4) is 0 Å². The van der Waals surface area contributed by atoms with Crippen LogP contribution in [0.1, 0.15) is 11.5 Å². The van der Waals surface area contributed by atoms with Gasteiger partial charge in [-0.2, -0.15) is 0 Å². The number of rotatable bonds is 1. The molecule has 13 heavy (non-hydrogen) atoms. The number of oxazole rings is 1. The van der Waals surface area contributed by atoms with E-state index in [0.29, 0.717) is 5.58 Å². The van der Waals surface area contributed by atoms with Gasteiger partial charge < -0.3 is 9.52 Å². The molecule has 3 nitrogen and oxygen atoms in total. The second-order valence-corrected chi connectivity index (χ2v) is 2.86. The standard InChI is InChI=1S/C9H8FNO2/c1-5-2-6(10)9-7(3-5)13-8(4-12)11-9/h2-3,12H,4H2,1H3. The lowest BCUT2D eigenvalue weighted by Gasteiger charge is -1.91. The minimum absolute atomic E-state index is 0.138. The van der Waals surface area contributed by atoms with Gasteiger partial charge in [0.2, 0.25) is 5.89 Å². The fourth-order valence-corrected chi connectivity index (χ4v) is 1.23. The van der Waals surface area contributed by atoms with Crippen molar-refractivity contribution in [1.29, 1.82) is 0 Å². The third-order valence-electron chi connectivity index (χ3n) is 1.77. The lowest BCUT2D eigenvalue weighted by molar-refractivity contribution is 0.244. The summed E-state index contributed by atoms with van der Waals surface area (Å²) in [5.74, 6) is -0.280. The van der Waals surface area contributed by atoms with Crippen LogP contribution in [-0.2, 0) is 6.61 Å². The maximum absolute atomic E-state index is 13.2. The Balaban J connectivity index is 2.75.